The molecule has 54 valence electrons. The van der Waals surface area contributed by atoms with Gasteiger partial charge in [0.05, 0.1) is 6.10 Å². The minimum atomic E-state index is -1.42. The van der Waals surface area contributed by atoms with Gasteiger partial charge in [0.2, 0.25) is 5.91 Å². The minimum Gasteiger partial charge on any atom is -0.390 e. The van der Waals surface area contributed by atoms with Crippen LogP contribution in [0.2, 0.25) is 0 Å². The van der Waals surface area contributed by atoms with Crippen molar-refractivity contribution in [3.05, 3.63) is 0 Å². The Hall–Kier alpha value is -0.610. The molecule has 0 bridgehead atoms. The Morgan fingerprint density at radius 3 is 2.22 bits per heavy atom. The molecule has 4 heteroatoms. The van der Waals surface area contributed by atoms with Crippen molar-refractivity contribution >= 4 is 5.91 Å². The molecule has 9 heavy (non-hydrogen) atoms. The SMILES string of the molecule is CC[C@@H](O)[C@@H](O)C(N)=O. The average Bonchev–Trinajstić information content (AvgIpc) is 1.84. The van der Waals surface area contributed by atoms with Crippen LogP contribution < -0.4 is 5.73 Å². The predicted octanol–water partition coefficient (Wildman–Crippen LogP) is -1.40. The highest BCUT2D eigenvalue weighted by atomic mass is 16.3. The quantitative estimate of drug-likeness (QED) is 0.443. The molecule has 0 unspecified atom stereocenters. The standard InChI is InChI=1S/C5H11NO3/c1-2-3(7)4(8)5(6)9/h3-4,7-8H,2H2,1H3,(H2,6,9)/t3-,4-/m1/s1. The molecule has 0 fully saturated rings. The highest BCUT2D eigenvalue weighted by molar-refractivity contribution is 5.79. The molecule has 2 atom stereocenters. The van der Waals surface area contributed by atoms with Crippen molar-refractivity contribution in [3.8, 4) is 0 Å². The lowest BCUT2D eigenvalue weighted by Gasteiger charge is -2.10. The van der Waals surface area contributed by atoms with Crippen molar-refractivity contribution in [2.45, 2.75) is 25.6 Å². The summed E-state index contributed by atoms with van der Waals surface area (Å²) in [5, 5.41) is 17.4. The molecule has 0 spiro atoms. The van der Waals surface area contributed by atoms with Gasteiger partial charge in [-0.05, 0) is 6.42 Å². The Balaban J connectivity index is 3.72. The number of carbonyl (C=O) groups excluding carboxylic acids is 1. The third-order valence-electron chi connectivity index (χ3n) is 1.07. The number of nitrogens with two attached hydrogens (primary N) is 1. The Morgan fingerprint density at radius 2 is 2.11 bits per heavy atom. The molecular formula is C5H11NO3. The molecule has 0 aliphatic heterocycles. The lowest BCUT2D eigenvalue weighted by molar-refractivity contribution is -0.131. The molecule has 0 saturated carbocycles. The van der Waals surface area contributed by atoms with E-state index in [0.717, 1.165) is 0 Å². The predicted molar refractivity (Wildman–Crippen MR) is 31.5 cm³/mol. The van der Waals surface area contributed by atoms with Gasteiger partial charge in [-0.2, -0.15) is 0 Å². The van der Waals surface area contributed by atoms with Gasteiger partial charge in [0.1, 0.15) is 0 Å². The maximum atomic E-state index is 10.1. The second-order valence-corrected chi connectivity index (χ2v) is 1.82. The maximum Gasteiger partial charge on any atom is 0.248 e. The fourth-order valence-corrected chi connectivity index (χ4v) is 0.413. The number of carbonyl (C=O) groups is 1. The van der Waals surface area contributed by atoms with Gasteiger partial charge in [0.25, 0.3) is 0 Å². The van der Waals surface area contributed by atoms with E-state index in [-0.39, 0.29) is 0 Å². The highest BCUT2D eigenvalue weighted by Crippen LogP contribution is 1.95. The van der Waals surface area contributed by atoms with Gasteiger partial charge in [-0.25, -0.2) is 0 Å². The topological polar surface area (TPSA) is 83.6 Å². The van der Waals surface area contributed by atoms with Gasteiger partial charge in [-0.15, -0.1) is 0 Å². The monoisotopic (exact) mass is 133 g/mol. The smallest absolute Gasteiger partial charge is 0.248 e. The zero-order valence-electron chi connectivity index (χ0n) is 5.24. The fraction of sp³-hybridized carbons (Fsp3) is 0.800. The van der Waals surface area contributed by atoms with E-state index in [9.17, 15) is 4.79 Å². The van der Waals surface area contributed by atoms with Crippen LogP contribution in [0, 0.1) is 0 Å². The molecule has 4 nitrogen and oxygen atoms in total. The highest BCUT2D eigenvalue weighted by Gasteiger charge is 2.18. The first-order chi connectivity index (χ1) is 4.09. The summed E-state index contributed by atoms with van der Waals surface area (Å²) in [7, 11) is 0. The lowest BCUT2D eigenvalue weighted by Crippen LogP contribution is -2.38. The second-order valence-electron chi connectivity index (χ2n) is 1.82. The van der Waals surface area contributed by atoms with Crippen LogP contribution in [0.1, 0.15) is 13.3 Å². The van der Waals surface area contributed by atoms with Crippen molar-refractivity contribution in [1.82, 2.24) is 0 Å². The fourth-order valence-electron chi connectivity index (χ4n) is 0.413. The van der Waals surface area contributed by atoms with E-state index in [0.29, 0.717) is 6.42 Å². The number of hydrogen-bond donors (Lipinski definition) is 3. The molecule has 0 aliphatic rings. The zero-order chi connectivity index (χ0) is 7.44. The average molecular weight is 133 g/mol. The number of rotatable bonds is 3. The van der Waals surface area contributed by atoms with E-state index in [2.05, 4.69) is 5.73 Å². The van der Waals surface area contributed by atoms with E-state index in [1.165, 1.54) is 0 Å². The van der Waals surface area contributed by atoms with Crippen molar-refractivity contribution < 1.29 is 15.0 Å². The van der Waals surface area contributed by atoms with Crippen LogP contribution in [0.5, 0.6) is 0 Å². The van der Waals surface area contributed by atoms with Gasteiger partial charge in [-0.3, -0.25) is 4.79 Å². The summed E-state index contributed by atoms with van der Waals surface area (Å²) in [4.78, 5) is 10.1. The summed E-state index contributed by atoms with van der Waals surface area (Å²) >= 11 is 0. The van der Waals surface area contributed by atoms with Crippen LogP contribution >= 0.6 is 0 Å². The molecular weight excluding hydrogens is 122 g/mol. The lowest BCUT2D eigenvalue weighted by atomic mass is 10.1. The summed E-state index contributed by atoms with van der Waals surface area (Å²) in [5.74, 6) is -0.885. The molecule has 0 aromatic rings. The number of primary amides is 1. The van der Waals surface area contributed by atoms with Gasteiger partial charge < -0.3 is 15.9 Å². The molecule has 0 aromatic carbocycles. The third kappa shape index (κ3) is 2.43. The Kier molecular flexibility index (Phi) is 3.19. The Bertz CT molecular complexity index is 104. The van der Waals surface area contributed by atoms with Crippen LogP contribution in [0.4, 0.5) is 0 Å². The molecule has 0 aliphatic carbocycles. The molecule has 0 saturated heterocycles. The Morgan fingerprint density at radius 1 is 1.67 bits per heavy atom. The van der Waals surface area contributed by atoms with Crippen LogP contribution in [-0.4, -0.2) is 28.3 Å². The van der Waals surface area contributed by atoms with Crippen molar-refractivity contribution in [3.63, 3.8) is 0 Å². The summed E-state index contributed by atoms with van der Waals surface area (Å²) < 4.78 is 0. The van der Waals surface area contributed by atoms with Gasteiger partial charge >= 0.3 is 0 Å². The van der Waals surface area contributed by atoms with Gasteiger partial charge in [0, 0.05) is 0 Å². The van der Waals surface area contributed by atoms with Crippen LogP contribution in [-0.2, 0) is 4.79 Å². The van der Waals surface area contributed by atoms with Crippen LogP contribution in [0.25, 0.3) is 0 Å². The van der Waals surface area contributed by atoms with E-state index in [1.807, 2.05) is 0 Å². The Labute approximate surface area is 53.3 Å². The van der Waals surface area contributed by atoms with Gasteiger partial charge in [-0.1, -0.05) is 6.92 Å². The van der Waals surface area contributed by atoms with Crippen molar-refractivity contribution in [2.24, 2.45) is 5.73 Å². The number of hydrogen-bond acceptors (Lipinski definition) is 3. The number of aliphatic hydroxyl groups is 2. The molecule has 0 rings (SSSR count). The number of amides is 1. The third-order valence-corrected chi connectivity index (χ3v) is 1.07. The summed E-state index contributed by atoms with van der Waals surface area (Å²) in [6.07, 6.45) is -2.12. The van der Waals surface area contributed by atoms with Crippen LogP contribution in [0.3, 0.4) is 0 Å². The van der Waals surface area contributed by atoms with E-state index < -0.39 is 18.1 Å². The largest absolute Gasteiger partial charge is 0.390 e. The van der Waals surface area contributed by atoms with E-state index >= 15 is 0 Å². The van der Waals surface area contributed by atoms with E-state index in [4.69, 9.17) is 10.2 Å². The summed E-state index contributed by atoms with van der Waals surface area (Å²) in [6.45, 7) is 1.65. The molecule has 0 aromatic heterocycles. The first-order valence-electron chi connectivity index (χ1n) is 2.75. The molecule has 4 N–H and O–H groups in total. The first-order valence-corrected chi connectivity index (χ1v) is 2.75. The zero-order valence-corrected chi connectivity index (χ0v) is 5.24. The van der Waals surface area contributed by atoms with Crippen molar-refractivity contribution in [1.29, 1.82) is 0 Å². The normalized spacial score (nSPS) is 16.8. The van der Waals surface area contributed by atoms with E-state index in [1.54, 1.807) is 6.92 Å². The van der Waals surface area contributed by atoms with Crippen LogP contribution in [0.15, 0.2) is 0 Å². The van der Waals surface area contributed by atoms with Gasteiger partial charge in [0.15, 0.2) is 6.10 Å². The minimum absolute atomic E-state index is 0.324. The van der Waals surface area contributed by atoms with Crippen molar-refractivity contribution in [2.75, 3.05) is 0 Å². The number of aliphatic hydroxyl groups excluding tert-OH is 2. The maximum absolute atomic E-state index is 10.1. The first kappa shape index (κ1) is 8.39. The summed E-state index contributed by atoms with van der Waals surface area (Å²) in [6, 6.07) is 0. The molecule has 0 radical (unpaired) electrons. The summed E-state index contributed by atoms with van der Waals surface area (Å²) in [5.41, 5.74) is 4.66. The molecule has 0 heterocycles. The second kappa shape index (κ2) is 3.42. The molecule has 1 amide bonds.